The summed E-state index contributed by atoms with van der Waals surface area (Å²) in [5.74, 6) is 0.969. The first-order valence-electron chi connectivity index (χ1n) is 15.6. The molecule has 0 bridgehead atoms. The highest BCUT2D eigenvalue weighted by Crippen LogP contribution is 2.31. The topological polar surface area (TPSA) is 141 Å². The standard InChI is InChI=1S/C23H28BrN3O3.C12H13BrO3/c1-14-16(5-12-22(25)26-14)4-11-21(28)15(2)27-23(29)17-3-8-20(13-17)30-19-9-6-18(24)7-10-19;13-9-2-5-10(6-3-9)16-11-4-1-8(7-11)12(14)15/h5-7,9-10,12,15,17,20H,3-4,8,11,13H2,1-2H3,(H2,25,26)(H,27,29);2-3,5-6,8,11H,1,4,7H2,(H,14,15)/t15-,17+,20+;8-,11-/m01/s1. The predicted molar refractivity (Wildman–Crippen MR) is 184 cm³/mol. The summed E-state index contributed by atoms with van der Waals surface area (Å²) in [5, 5.41) is 11.8. The number of halogens is 2. The van der Waals surface area contributed by atoms with Crippen LogP contribution in [0.2, 0.25) is 0 Å². The quantitative estimate of drug-likeness (QED) is 0.189. The molecule has 1 heterocycles. The minimum absolute atomic E-state index is 0.0141. The predicted octanol–water partition coefficient (Wildman–Crippen LogP) is 7.07. The molecule has 5 atom stereocenters. The molecule has 9 nitrogen and oxygen atoms in total. The summed E-state index contributed by atoms with van der Waals surface area (Å²) in [4.78, 5) is 40.1. The number of nitrogens with zero attached hydrogens (tertiary/aromatic N) is 1. The van der Waals surface area contributed by atoms with Crippen molar-refractivity contribution in [2.45, 2.75) is 83.5 Å². The second-order valence-corrected chi connectivity index (χ2v) is 13.8. The Morgan fingerprint density at radius 2 is 1.39 bits per heavy atom. The Balaban J connectivity index is 0.000000252. The van der Waals surface area contributed by atoms with E-state index in [1.54, 1.807) is 13.0 Å². The number of anilines is 1. The first-order valence-corrected chi connectivity index (χ1v) is 17.2. The van der Waals surface area contributed by atoms with Crippen molar-refractivity contribution in [3.8, 4) is 11.5 Å². The molecule has 0 radical (unpaired) electrons. The number of carbonyl (C=O) groups excluding carboxylic acids is 2. The number of aromatic nitrogens is 1. The summed E-state index contributed by atoms with van der Waals surface area (Å²) in [6, 6.07) is 18.4. The molecule has 0 unspecified atom stereocenters. The van der Waals surface area contributed by atoms with Crippen LogP contribution in [0.4, 0.5) is 5.82 Å². The zero-order valence-electron chi connectivity index (χ0n) is 26.1. The third kappa shape index (κ3) is 10.8. The number of amides is 1. The number of nitrogens with two attached hydrogens (primary N) is 1. The fourth-order valence-electron chi connectivity index (χ4n) is 5.73. The van der Waals surface area contributed by atoms with Crippen LogP contribution >= 0.6 is 31.9 Å². The van der Waals surface area contributed by atoms with E-state index < -0.39 is 12.0 Å². The molecule has 2 aromatic carbocycles. The SMILES string of the molecule is Cc1nc(N)ccc1CCC(=O)[C@H](C)NC(=O)[C@@H]1CC[C@@H](Oc2ccc(Br)cc2)C1.O=C(O)[C@@H]1CC[C@@H](Oc2ccc(Br)cc2)C1. The summed E-state index contributed by atoms with van der Waals surface area (Å²) >= 11 is 6.76. The highest BCUT2D eigenvalue weighted by Gasteiger charge is 2.33. The van der Waals surface area contributed by atoms with E-state index in [1.165, 1.54) is 0 Å². The molecule has 3 aromatic rings. The summed E-state index contributed by atoms with van der Waals surface area (Å²) in [6.45, 7) is 3.63. The Kier molecular flexibility index (Phi) is 13.0. The first kappa shape index (κ1) is 35.4. The normalized spacial score (nSPS) is 21.0. The third-order valence-electron chi connectivity index (χ3n) is 8.42. The van der Waals surface area contributed by atoms with Crippen molar-refractivity contribution in [2.24, 2.45) is 11.8 Å². The molecule has 5 rings (SSSR count). The lowest BCUT2D eigenvalue weighted by atomic mass is 10.0. The third-order valence-corrected chi connectivity index (χ3v) is 9.48. The molecule has 2 saturated carbocycles. The number of hydrogen-bond acceptors (Lipinski definition) is 7. The number of benzene rings is 2. The fourth-order valence-corrected chi connectivity index (χ4v) is 6.26. The van der Waals surface area contributed by atoms with Crippen LogP contribution < -0.4 is 20.5 Å². The van der Waals surface area contributed by atoms with Crippen molar-refractivity contribution in [3.63, 3.8) is 0 Å². The molecule has 2 aliphatic rings. The number of carbonyl (C=O) groups is 3. The zero-order valence-corrected chi connectivity index (χ0v) is 29.3. The molecule has 0 saturated heterocycles. The van der Waals surface area contributed by atoms with Crippen molar-refractivity contribution < 1.29 is 29.0 Å². The van der Waals surface area contributed by atoms with Crippen LogP contribution in [-0.2, 0) is 20.8 Å². The number of carboxylic acid groups (broad SMARTS) is 1. The van der Waals surface area contributed by atoms with Gasteiger partial charge in [0.2, 0.25) is 5.91 Å². The largest absolute Gasteiger partial charge is 0.490 e. The number of aryl methyl sites for hydroxylation is 2. The minimum atomic E-state index is -0.707. The number of rotatable bonds is 11. The number of ketones is 1. The molecule has 2 aliphatic carbocycles. The van der Waals surface area contributed by atoms with Gasteiger partial charge in [-0.25, -0.2) is 4.98 Å². The van der Waals surface area contributed by atoms with Gasteiger partial charge in [0.25, 0.3) is 0 Å². The molecule has 0 aliphatic heterocycles. The van der Waals surface area contributed by atoms with Gasteiger partial charge in [-0.3, -0.25) is 14.4 Å². The number of aliphatic carboxylic acids is 1. The van der Waals surface area contributed by atoms with Gasteiger partial charge in [-0.15, -0.1) is 0 Å². The molecule has 2 fully saturated rings. The van der Waals surface area contributed by atoms with Crippen molar-refractivity contribution >= 4 is 55.3 Å². The summed E-state index contributed by atoms with van der Waals surface area (Å²) in [6.07, 6.45) is 5.44. The first-order chi connectivity index (χ1) is 22.0. The second-order valence-electron chi connectivity index (χ2n) is 11.9. The zero-order chi connectivity index (χ0) is 33.2. The van der Waals surface area contributed by atoms with Gasteiger partial charge in [-0.2, -0.15) is 0 Å². The summed E-state index contributed by atoms with van der Waals surface area (Å²) in [7, 11) is 0. The van der Waals surface area contributed by atoms with Gasteiger partial charge in [0.15, 0.2) is 5.78 Å². The van der Waals surface area contributed by atoms with Crippen molar-refractivity contribution in [1.82, 2.24) is 10.3 Å². The average molecular weight is 760 g/mol. The van der Waals surface area contributed by atoms with Crippen LogP contribution in [0.1, 0.15) is 63.1 Å². The molecule has 1 aromatic heterocycles. The maximum atomic E-state index is 12.6. The molecule has 46 heavy (non-hydrogen) atoms. The number of carboxylic acids is 1. The Hall–Kier alpha value is -3.44. The van der Waals surface area contributed by atoms with Gasteiger partial charge >= 0.3 is 5.97 Å². The molecular formula is C35H41Br2N3O6. The van der Waals surface area contributed by atoms with Crippen molar-refractivity contribution in [3.05, 3.63) is 80.9 Å². The molecule has 0 spiro atoms. The maximum Gasteiger partial charge on any atom is 0.306 e. The van der Waals surface area contributed by atoms with Crippen LogP contribution in [0.15, 0.2) is 69.6 Å². The van der Waals surface area contributed by atoms with Gasteiger partial charge in [-0.05, 0) is 119 Å². The highest BCUT2D eigenvalue weighted by molar-refractivity contribution is 9.10. The number of nitrogens with one attached hydrogen (secondary N) is 1. The van der Waals surface area contributed by atoms with Gasteiger partial charge in [0.05, 0.1) is 24.2 Å². The Morgan fingerprint density at radius 3 is 1.89 bits per heavy atom. The van der Waals surface area contributed by atoms with E-state index in [0.29, 0.717) is 31.5 Å². The van der Waals surface area contributed by atoms with Gasteiger partial charge in [-0.1, -0.05) is 37.9 Å². The van der Waals surface area contributed by atoms with Crippen molar-refractivity contribution in [1.29, 1.82) is 0 Å². The lowest BCUT2D eigenvalue weighted by molar-refractivity contribution is -0.141. The lowest BCUT2D eigenvalue weighted by Gasteiger charge is -2.17. The van der Waals surface area contributed by atoms with Crippen LogP contribution in [0.25, 0.3) is 0 Å². The molecule has 4 N–H and O–H groups in total. The van der Waals surface area contributed by atoms with E-state index >= 15 is 0 Å². The average Bonchev–Trinajstić information content (AvgIpc) is 3.69. The van der Waals surface area contributed by atoms with E-state index in [-0.39, 0.29) is 35.7 Å². The maximum absolute atomic E-state index is 12.6. The highest BCUT2D eigenvalue weighted by atomic mass is 79.9. The van der Waals surface area contributed by atoms with E-state index in [4.69, 9.17) is 20.3 Å². The van der Waals surface area contributed by atoms with Crippen LogP contribution in [0.3, 0.4) is 0 Å². The molecule has 246 valence electrons. The lowest BCUT2D eigenvalue weighted by Crippen LogP contribution is -2.41. The van der Waals surface area contributed by atoms with E-state index in [1.807, 2.05) is 61.5 Å². The smallest absolute Gasteiger partial charge is 0.306 e. The Bertz CT molecular complexity index is 1480. The summed E-state index contributed by atoms with van der Waals surface area (Å²) in [5.41, 5.74) is 7.50. The number of Topliss-reactive ketones (excluding diaryl/α,β-unsaturated/α-hetero) is 1. The monoisotopic (exact) mass is 757 g/mol. The van der Waals surface area contributed by atoms with E-state index in [2.05, 4.69) is 42.2 Å². The minimum Gasteiger partial charge on any atom is -0.490 e. The molecular weight excluding hydrogens is 718 g/mol. The van der Waals surface area contributed by atoms with Gasteiger partial charge in [0, 0.05) is 27.0 Å². The molecule has 11 heteroatoms. The van der Waals surface area contributed by atoms with Gasteiger partial charge in [0.1, 0.15) is 17.3 Å². The van der Waals surface area contributed by atoms with Gasteiger partial charge < -0.3 is 25.6 Å². The number of hydrogen-bond donors (Lipinski definition) is 3. The van der Waals surface area contributed by atoms with E-state index in [0.717, 1.165) is 57.4 Å². The second kappa shape index (κ2) is 16.9. The van der Waals surface area contributed by atoms with Crippen LogP contribution in [-0.4, -0.2) is 46.0 Å². The molecule has 1 amide bonds. The van der Waals surface area contributed by atoms with E-state index in [9.17, 15) is 14.4 Å². The Morgan fingerprint density at radius 1 is 0.870 bits per heavy atom. The number of pyridine rings is 1. The number of nitrogen functional groups attached to an aromatic ring is 1. The summed E-state index contributed by atoms with van der Waals surface area (Å²) < 4.78 is 13.7. The Labute approximate surface area is 286 Å². The number of ether oxygens (including phenoxy) is 2. The van der Waals surface area contributed by atoms with Crippen molar-refractivity contribution in [2.75, 3.05) is 5.73 Å². The van der Waals surface area contributed by atoms with Crippen LogP contribution in [0.5, 0.6) is 11.5 Å². The van der Waals surface area contributed by atoms with Crippen LogP contribution in [0, 0.1) is 18.8 Å². The fraction of sp³-hybridized carbons (Fsp3) is 0.429.